The Morgan fingerprint density at radius 3 is 2.74 bits per heavy atom. The number of nitrogens with one attached hydrogen (secondary N) is 1. The summed E-state index contributed by atoms with van der Waals surface area (Å²) < 4.78 is 7.22. The van der Waals surface area contributed by atoms with Crippen molar-refractivity contribution in [3.8, 4) is 11.5 Å². The smallest absolute Gasteiger partial charge is 0.271 e. The van der Waals surface area contributed by atoms with Gasteiger partial charge in [0, 0.05) is 12.0 Å². The zero-order valence-electron chi connectivity index (χ0n) is 15.0. The molecule has 1 aliphatic rings. The molecule has 1 fully saturated rings. The fourth-order valence-electron chi connectivity index (χ4n) is 3.84. The third kappa shape index (κ3) is 3.38. The lowest BCUT2D eigenvalue weighted by molar-refractivity contribution is -0.951. The minimum atomic E-state index is 0.406. The number of fused-ring (bicyclic) bond motifs is 1. The summed E-state index contributed by atoms with van der Waals surface area (Å²) in [6.45, 7) is 1.87. The minimum absolute atomic E-state index is 0.406. The van der Waals surface area contributed by atoms with E-state index in [0.717, 1.165) is 30.6 Å². The van der Waals surface area contributed by atoms with Gasteiger partial charge < -0.3 is 9.32 Å². The van der Waals surface area contributed by atoms with Crippen LogP contribution in [-0.2, 0) is 6.54 Å². The summed E-state index contributed by atoms with van der Waals surface area (Å²) in [5.41, 5.74) is 2.07. The van der Waals surface area contributed by atoms with Crippen molar-refractivity contribution in [2.45, 2.75) is 31.8 Å². The van der Waals surface area contributed by atoms with Gasteiger partial charge in [0.2, 0.25) is 5.89 Å². The number of nitrogens with zero attached hydrogens (tertiary/aromatic N) is 3. The molecule has 0 bridgehead atoms. The molecular formula is C21H21N4OS+. The van der Waals surface area contributed by atoms with Gasteiger partial charge >= 0.3 is 0 Å². The minimum Gasteiger partial charge on any atom is -0.415 e. The first-order valence-corrected chi connectivity index (χ1v) is 10.3. The quantitative estimate of drug-likeness (QED) is 0.590. The van der Waals surface area contributed by atoms with Crippen molar-refractivity contribution >= 4 is 21.6 Å². The van der Waals surface area contributed by atoms with Crippen LogP contribution in [0.4, 0.5) is 0 Å². The van der Waals surface area contributed by atoms with E-state index < -0.39 is 0 Å². The van der Waals surface area contributed by atoms with E-state index in [-0.39, 0.29) is 0 Å². The molecule has 2 atom stereocenters. The van der Waals surface area contributed by atoms with Crippen LogP contribution >= 0.6 is 11.3 Å². The van der Waals surface area contributed by atoms with Gasteiger partial charge in [0.15, 0.2) is 11.6 Å². The summed E-state index contributed by atoms with van der Waals surface area (Å²) in [5, 5.41) is 9.77. The molecule has 0 saturated carbocycles. The lowest BCUT2D eigenvalue weighted by atomic mass is 10.0. The number of aromatic nitrogens is 3. The summed E-state index contributed by atoms with van der Waals surface area (Å²) >= 11 is 1.82. The van der Waals surface area contributed by atoms with Gasteiger partial charge in [0.1, 0.15) is 6.04 Å². The summed E-state index contributed by atoms with van der Waals surface area (Å²) in [4.78, 5) is 6.39. The Morgan fingerprint density at radius 2 is 1.85 bits per heavy atom. The Kier molecular flexibility index (Phi) is 4.43. The molecule has 4 aromatic rings. The molecule has 1 aliphatic heterocycles. The molecule has 27 heavy (non-hydrogen) atoms. The van der Waals surface area contributed by atoms with Crippen molar-refractivity contribution < 1.29 is 9.32 Å². The summed E-state index contributed by atoms with van der Waals surface area (Å²) in [6, 6.07) is 18.7. The molecule has 6 heteroatoms. The molecule has 5 nitrogen and oxygen atoms in total. The second-order valence-electron chi connectivity index (χ2n) is 7.02. The standard InChI is InChI=1S/C21H20N4OS/c1-2-8-15(9-3-1)20-24-23-19(26-20)14-25-13-7-6-11-17(25)21-22-16-10-4-5-12-18(16)27-21/h1-5,8-10,12,17H,6-7,11,13-14H2/p+1/t17-/m0/s1. The first kappa shape index (κ1) is 16.6. The average molecular weight is 377 g/mol. The van der Waals surface area contributed by atoms with Crippen LogP contribution in [-0.4, -0.2) is 21.7 Å². The Bertz CT molecular complexity index is 1010. The lowest BCUT2D eigenvalue weighted by Crippen LogP contribution is -3.11. The van der Waals surface area contributed by atoms with Crippen molar-refractivity contribution in [2.75, 3.05) is 6.54 Å². The van der Waals surface area contributed by atoms with Gasteiger partial charge in [-0.2, -0.15) is 0 Å². The molecule has 0 radical (unpaired) electrons. The zero-order valence-corrected chi connectivity index (χ0v) is 15.8. The van der Waals surface area contributed by atoms with E-state index in [4.69, 9.17) is 9.40 Å². The van der Waals surface area contributed by atoms with Gasteiger partial charge in [-0.15, -0.1) is 21.5 Å². The van der Waals surface area contributed by atoms with E-state index in [1.807, 2.05) is 41.7 Å². The van der Waals surface area contributed by atoms with E-state index in [1.165, 1.54) is 27.4 Å². The highest BCUT2D eigenvalue weighted by Crippen LogP contribution is 2.29. The van der Waals surface area contributed by atoms with E-state index >= 15 is 0 Å². The van der Waals surface area contributed by atoms with Crippen molar-refractivity contribution in [3.63, 3.8) is 0 Å². The predicted octanol–water partition coefficient (Wildman–Crippen LogP) is 3.66. The number of rotatable bonds is 4. The van der Waals surface area contributed by atoms with Crippen LogP contribution in [0.5, 0.6) is 0 Å². The number of benzene rings is 2. The maximum atomic E-state index is 5.96. The first-order chi connectivity index (χ1) is 13.4. The number of thiazole rings is 1. The molecule has 1 N–H and O–H groups in total. The third-order valence-electron chi connectivity index (χ3n) is 5.21. The second-order valence-corrected chi connectivity index (χ2v) is 8.08. The molecule has 0 aliphatic carbocycles. The first-order valence-electron chi connectivity index (χ1n) is 9.45. The van der Waals surface area contributed by atoms with E-state index in [2.05, 4.69) is 34.5 Å². The van der Waals surface area contributed by atoms with Crippen molar-refractivity contribution in [1.29, 1.82) is 0 Å². The Morgan fingerprint density at radius 1 is 1.00 bits per heavy atom. The highest BCUT2D eigenvalue weighted by molar-refractivity contribution is 7.18. The number of hydrogen-bond acceptors (Lipinski definition) is 5. The van der Waals surface area contributed by atoms with Crippen LogP contribution in [0.15, 0.2) is 59.0 Å². The van der Waals surface area contributed by atoms with Crippen molar-refractivity contribution in [2.24, 2.45) is 0 Å². The van der Waals surface area contributed by atoms with Gasteiger partial charge in [-0.25, -0.2) is 4.98 Å². The molecule has 0 amide bonds. The normalized spacial score (nSPS) is 20.1. The number of para-hydroxylation sites is 1. The topological polar surface area (TPSA) is 56.2 Å². The highest BCUT2D eigenvalue weighted by atomic mass is 32.1. The molecule has 136 valence electrons. The van der Waals surface area contributed by atoms with Crippen LogP contribution in [0.1, 0.15) is 36.2 Å². The Balaban J connectivity index is 1.39. The summed E-state index contributed by atoms with van der Waals surface area (Å²) in [7, 11) is 0. The molecule has 2 aromatic carbocycles. The van der Waals surface area contributed by atoms with Crippen molar-refractivity contribution in [3.05, 3.63) is 65.5 Å². The van der Waals surface area contributed by atoms with Gasteiger partial charge in [0.25, 0.3) is 5.89 Å². The van der Waals surface area contributed by atoms with Gasteiger partial charge in [-0.1, -0.05) is 30.3 Å². The summed E-state index contributed by atoms with van der Waals surface area (Å²) in [5.74, 6) is 1.30. The monoisotopic (exact) mass is 377 g/mol. The maximum Gasteiger partial charge on any atom is 0.271 e. The van der Waals surface area contributed by atoms with Crippen LogP contribution < -0.4 is 4.90 Å². The number of piperidine rings is 1. The molecule has 0 spiro atoms. The van der Waals surface area contributed by atoms with Gasteiger partial charge in [0.05, 0.1) is 16.8 Å². The number of likely N-dealkylation sites (tertiary alicyclic amines) is 1. The zero-order chi connectivity index (χ0) is 18.1. The summed E-state index contributed by atoms with van der Waals surface area (Å²) in [6.07, 6.45) is 3.65. The Hall–Kier alpha value is -2.57. The second kappa shape index (κ2) is 7.21. The van der Waals surface area contributed by atoms with Gasteiger partial charge in [-0.3, -0.25) is 0 Å². The molecule has 3 heterocycles. The lowest BCUT2D eigenvalue weighted by Gasteiger charge is -2.30. The fourth-order valence-corrected chi connectivity index (χ4v) is 5.01. The van der Waals surface area contributed by atoms with E-state index in [0.29, 0.717) is 17.8 Å². The maximum absolute atomic E-state index is 5.96. The van der Waals surface area contributed by atoms with Crippen molar-refractivity contribution in [1.82, 2.24) is 15.2 Å². The van der Waals surface area contributed by atoms with Crippen LogP contribution in [0.3, 0.4) is 0 Å². The molecule has 5 rings (SSSR count). The molecular weight excluding hydrogens is 356 g/mol. The van der Waals surface area contributed by atoms with Crippen LogP contribution in [0.2, 0.25) is 0 Å². The Labute approximate surface area is 161 Å². The van der Waals surface area contributed by atoms with Crippen LogP contribution in [0, 0.1) is 0 Å². The number of hydrogen-bond donors (Lipinski definition) is 1. The molecule has 2 aromatic heterocycles. The SMILES string of the molecule is c1ccc(-c2nnc(C[NH+]3CCCC[C@H]3c3nc4ccccc4s3)o2)cc1. The average Bonchev–Trinajstić information content (AvgIpc) is 3.36. The highest BCUT2D eigenvalue weighted by Gasteiger charge is 2.31. The van der Waals surface area contributed by atoms with Crippen LogP contribution in [0.25, 0.3) is 21.7 Å². The molecule has 1 saturated heterocycles. The van der Waals surface area contributed by atoms with Gasteiger partial charge in [-0.05, 0) is 37.1 Å². The predicted molar refractivity (Wildman–Crippen MR) is 105 cm³/mol. The van der Waals surface area contributed by atoms with E-state index in [1.54, 1.807) is 0 Å². The largest absolute Gasteiger partial charge is 0.415 e. The fraction of sp³-hybridized carbons (Fsp3) is 0.286. The third-order valence-corrected chi connectivity index (χ3v) is 6.36. The number of quaternary nitrogens is 1. The van der Waals surface area contributed by atoms with E-state index in [9.17, 15) is 0 Å². The molecule has 1 unspecified atom stereocenters.